The molecule has 0 aromatic carbocycles. The monoisotopic (exact) mass is 277 g/mol. The van der Waals surface area contributed by atoms with Gasteiger partial charge in [-0.3, -0.25) is 20.0 Å². The van der Waals surface area contributed by atoms with E-state index in [0.29, 0.717) is 12.1 Å². The Morgan fingerprint density at radius 3 is 2.78 bits per heavy atom. The molecule has 8 nitrogen and oxygen atoms in total. The fraction of sp³-hybridized carbons (Fsp3) is 0.556. The summed E-state index contributed by atoms with van der Waals surface area (Å²) in [4.78, 5) is 21.9. The average molecular weight is 278 g/mol. The molecular weight excluding hydrogens is 262 g/mol. The molecule has 102 valence electrons. The Morgan fingerprint density at radius 1 is 1.61 bits per heavy atom. The lowest BCUT2D eigenvalue weighted by Crippen LogP contribution is -2.29. The van der Waals surface area contributed by atoms with Gasteiger partial charge in [-0.1, -0.05) is 13.3 Å². The minimum atomic E-state index is -0.591. The molecule has 1 heterocycles. The quantitative estimate of drug-likeness (QED) is 0.512. The number of aromatic amines is 1. The maximum absolute atomic E-state index is 11.6. The van der Waals surface area contributed by atoms with E-state index in [4.69, 9.17) is 5.73 Å². The highest BCUT2D eigenvalue weighted by Gasteiger charge is 2.28. The topological polar surface area (TPSA) is 127 Å². The Kier molecular flexibility index (Phi) is 6.91. The minimum Gasteiger partial charge on any atom is -0.349 e. The molecule has 18 heavy (non-hydrogen) atoms. The van der Waals surface area contributed by atoms with Gasteiger partial charge in [0.1, 0.15) is 5.69 Å². The summed E-state index contributed by atoms with van der Waals surface area (Å²) in [5.41, 5.74) is 5.16. The van der Waals surface area contributed by atoms with Crippen molar-refractivity contribution in [1.82, 2.24) is 15.5 Å². The van der Waals surface area contributed by atoms with Gasteiger partial charge in [0, 0.05) is 13.1 Å². The first kappa shape index (κ1) is 16.3. The van der Waals surface area contributed by atoms with Crippen molar-refractivity contribution in [2.75, 3.05) is 13.1 Å². The number of aryl methyl sites for hydroxylation is 1. The van der Waals surface area contributed by atoms with Crippen molar-refractivity contribution in [3.63, 3.8) is 0 Å². The highest BCUT2D eigenvalue weighted by molar-refractivity contribution is 5.96. The molecule has 9 heteroatoms. The van der Waals surface area contributed by atoms with Crippen LogP contribution in [0.2, 0.25) is 0 Å². The lowest BCUT2D eigenvalue weighted by Gasteiger charge is -1.99. The van der Waals surface area contributed by atoms with Crippen molar-refractivity contribution < 1.29 is 9.72 Å². The number of halogens is 1. The predicted molar refractivity (Wildman–Crippen MR) is 67.9 cm³/mol. The highest BCUT2D eigenvalue weighted by atomic mass is 35.5. The summed E-state index contributed by atoms with van der Waals surface area (Å²) in [7, 11) is 0. The van der Waals surface area contributed by atoms with Crippen LogP contribution in [0, 0.1) is 10.1 Å². The molecule has 0 aliphatic carbocycles. The molecule has 0 unspecified atom stereocenters. The molecule has 0 atom stereocenters. The van der Waals surface area contributed by atoms with Gasteiger partial charge in [-0.15, -0.1) is 12.4 Å². The zero-order chi connectivity index (χ0) is 12.8. The van der Waals surface area contributed by atoms with E-state index in [1.165, 1.54) is 0 Å². The zero-order valence-corrected chi connectivity index (χ0v) is 10.7. The SMILES string of the molecule is CCCc1[nH]nc(C(=O)NCCN)c1[N+](=O)[O-].Cl. The number of rotatable bonds is 6. The number of nitro groups is 1. The van der Waals surface area contributed by atoms with Gasteiger partial charge in [0.2, 0.25) is 5.69 Å². The fourth-order valence-electron chi connectivity index (χ4n) is 1.42. The molecule has 4 N–H and O–H groups in total. The summed E-state index contributed by atoms with van der Waals surface area (Å²) in [6.07, 6.45) is 1.21. The maximum atomic E-state index is 11.6. The first-order valence-electron chi connectivity index (χ1n) is 5.31. The summed E-state index contributed by atoms with van der Waals surface area (Å²) in [6, 6.07) is 0. The number of hydrogen-bond donors (Lipinski definition) is 3. The number of hydrogen-bond acceptors (Lipinski definition) is 5. The number of H-pyrrole nitrogens is 1. The number of amides is 1. The van der Waals surface area contributed by atoms with Crippen LogP contribution in [-0.2, 0) is 6.42 Å². The highest BCUT2D eigenvalue weighted by Crippen LogP contribution is 2.22. The molecule has 0 saturated carbocycles. The summed E-state index contributed by atoms with van der Waals surface area (Å²) in [5, 5.41) is 19.6. The third-order valence-corrected chi connectivity index (χ3v) is 2.14. The molecule has 0 radical (unpaired) electrons. The Bertz CT molecular complexity index is 420. The second kappa shape index (κ2) is 7.62. The Balaban J connectivity index is 0.00000289. The van der Waals surface area contributed by atoms with E-state index in [0.717, 1.165) is 6.42 Å². The number of nitrogens with two attached hydrogens (primary N) is 1. The lowest BCUT2D eigenvalue weighted by molar-refractivity contribution is -0.385. The van der Waals surface area contributed by atoms with Crippen LogP contribution < -0.4 is 11.1 Å². The smallest absolute Gasteiger partial charge is 0.322 e. The largest absolute Gasteiger partial charge is 0.349 e. The van der Waals surface area contributed by atoms with Gasteiger partial charge in [-0.25, -0.2) is 0 Å². The molecule has 0 fully saturated rings. The van der Waals surface area contributed by atoms with Crippen molar-refractivity contribution in [2.45, 2.75) is 19.8 Å². The molecular formula is C9H16ClN5O3. The van der Waals surface area contributed by atoms with Crippen LogP contribution in [0.25, 0.3) is 0 Å². The van der Waals surface area contributed by atoms with Crippen LogP contribution in [0.1, 0.15) is 29.5 Å². The second-order valence-electron chi connectivity index (χ2n) is 3.45. The number of nitrogens with one attached hydrogen (secondary N) is 2. The number of carbonyl (C=O) groups excluding carboxylic acids is 1. The van der Waals surface area contributed by atoms with E-state index >= 15 is 0 Å². The average Bonchev–Trinajstić information content (AvgIpc) is 2.70. The fourth-order valence-corrected chi connectivity index (χ4v) is 1.42. The Hall–Kier alpha value is -1.67. The van der Waals surface area contributed by atoms with Crippen LogP contribution in [0.5, 0.6) is 0 Å². The third-order valence-electron chi connectivity index (χ3n) is 2.14. The van der Waals surface area contributed by atoms with E-state index < -0.39 is 10.8 Å². The lowest BCUT2D eigenvalue weighted by atomic mass is 10.2. The van der Waals surface area contributed by atoms with Crippen LogP contribution in [0.3, 0.4) is 0 Å². The van der Waals surface area contributed by atoms with Gasteiger partial charge in [0.25, 0.3) is 5.91 Å². The van der Waals surface area contributed by atoms with Gasteiger partial charge in [0.05, 0.1) is 4.92 Å². The number of nitrogens with zero attached hydrogens (tertiary/aromatic N) is 2. The first-order chi connectivity index (χ1) is 8.11. The van der Waals surface area contributed by atoms with Gasteiger partial charge in [-0.2, -0.15) is 5.10 Å². The summed E-state index contributed by atoms with van der Waals surface area (Å²) in [6.45, 7) is 2.41. The molecule has 1 rings (SSSR count). The standard InChI is InChI=1S/C9H15N5O3.ClH/c1-2-3-6-8(14(16)17)7(13-12-6)9(15)11-5-4-10;/h2-5,10H2,1H3,(H,11,15)(H,12,13);1H. The van der Waals surface area contributed by atoms with Gasteiger partial charge in [-0.05, 0) is 6.42 Å². The summed E-state index contributed by atoms with van der Waals surface area (Å²) >= 11 is 0. The van der Waals surface area contributed by atoms with Gasteiger partial charge in [0.15, 0.2) is 0 Å². The molecule has 1 aromatic rings. The predicted octanol–water partition coefficient (Wildman–Crippen LogP) is 0.381. The molecule has 0 aliphatic heterocycles. The van der Waals surface area contributed by atoms with E-state index in [9.17, 15) is 14.9 Å². The van der Waals surface area contributed by atoms with Gasteiger partial charge >= 0.3 is 5.69 Å². The summed E-state index contributed by atoms with van der Waals surface area (Å²) < 4.78 is 0. The molecule has 1 aromatic heterocycles. The first-order valence-corrected chi connectivity index (χ1v) is 5.31. The van der Waals surface area contributed by atoms with E-state index in [2.05, 4.69) is 15.5 Å². The van der Waals surface area contributed by atoms with Crippen LogP contribution in [0.4, 0.5) is 5.69 Å². The molecule has 0 saturated heterocycles. The van der Waals surface area contributed by atoms with Gasteiger partial charge < -0.3 is 11.1 Å². The minimum absolute atomic E-state index is 0. The van der Waals surface area contributed by atoms with Crippen LogP contribution in [0.15, 0.2) is 0 Å². The molecule has 1 amide bonds. The molecule has 0 bridgehead atoms. The summed E-state index contributed by atoms with van der Waals surface area (Å²) in [5.74, 6) is -0.583. The third kappa shape index (κ3) is 3.67. The van der Waals surface area contributed by atoms with E-state index in [1.54, 1.807) is 0 Å². The van der Waals surface area contributed by atoms with Crippen LogP contribution >= 0.6 is 12.4 Å². The van der Waals surface area contributed by atoms with Crippen LogP contribution in [-0.4, -0.2) is 34.1 Å². The van der Waals surface area contributed by atoms with Crippen molar-refractivity contribution in [3.8, 4) is 0 Å². The number of aromatic nitrogens is 2. The Morgan fingerprint density at radius 2 is 2.28 bits per heavy atom. The van der Waals surface area contributed by atoms with Crippen molar-refractivity contribution in [2.24, 2.45) is 5.73 Å². The van der Waals surface area contributed by atoms with Crippen molar-refractivity contribution in [1.29, 1.82) is 0 Å². The Labute approximate surface area is 110 Å². The second-order valence-corrected chi connectivity index (χ2v) is 3.45. The van der Waals surface area contributed by atoms with Crippen molar-refractivity contribution >= 4 is 24.0 Å². The molecule has 0 aliphatic rings. The van der Waals surface area contributed by atoms with Crippen molar-refractivity contribution in [3.05, 3.63) is 21.5 Å². The van der Waals surface area contributed by atoms with E-state index in [1.807, 2.05) is 6.92 Å². The zero-order valence-electron chi connectivity index (χ0n) is 9.93. The number of carbonyl (C=O) groups is 1. The molecule has 0 spiro atoms. The van der Waals surface area contributed by atoms with E-state index in [-0.39, 0.29) is 36.9 Å². The normalized spacial score (nSPS) is 9.67. The maximum Gasteiger partial charge on any atom is 0.322 e.